The minimum atomic E-state index is 0.412. The van der Waals surface area contributed by atoms with Gasteiger partial charge in [-0.25, -0.2) is 4.98 Å². The lowest BCUT2D eigenvalue weighted by molar-refractivity contribution is 0.280. The molecule has 94 valence electrons. The predicted octanol–water partition coefficient (Wildman–Crippen LogP) is 2.76. The van der Waals surface area contributed by atoms with E-state index < -0.39 is 0 Å². The van der Waals surface area contributed by atoms with Crippen LogP contribution in [0, 0.1) is 5.41 Å². The Kier molecular flexibility index (Phi) is 3.67. The van der Waals surface area contributed by atoms with Gasteiger partial charge in [0.1, 0.15) is 0 Å². The minimum Gasteiger partial charge on any atom is -0.481 e. The van der Waals surface area contributed by atoms with Crippen LogP contribution in [0.4, 0.5) is 0 Å². The molecule has 1 aromatic heterocycles. The van der Waals surface area contributed by atoms with Gasteiger partial charge in [0.15, 0.2) is 0 Å². The molecule has 1 unspecified atom stereocenters. The van der Waals surface area contributed by atoms with Crippen LogP contribution in [0.1, 0.15) is 38.7 Å². The van der Waals surface area contributed by atoms with Crippen LogP contribution in [-0.4, -0.2) is 18.1 Å². The summed E-state index contributed by atoms with van der Waals surface area (Å²) in [5, 5.41) is 3.64. The molecule has 2 rings (SSSR count). The van der Waals surface area contributed by atoms with Crippen molar-refractivity contribution in [1.29, 1.82) is 0 Å². The van der Waals surface area contributed by atoms with E-state index in [9.17, 15) is 0 Å². The molecule has 3 nitrogen and oxygen atoms in total. The molecular weight excluding hydrogens is 212 g/mol. The van der Waals surface area contributed by atoms with Crippen molar-refractivity contribution in [3.8, 4) is 5.88 Å². The van der Waals surface area contributed by atoms with Crippen molar-refractivity contribution in [2.45, 2.75) is 45.7 Å². The smallest absolute Gasteiger partial charge is 0.217 e. The molecule has 0 amide bonds. The van der Waals surface area contributed by atoms with Gasteiger partial charge in [-0.15, -0.1) is 0 Å². The highest BCUT2D eigenvalue weighted by Gasteiger charge is 2.33. The number of nitrogens with one attached hydrogen (secondary N) is 1. The molecule has 1 fully saturated rings. The van der Waals surface area contributed by atoms with Crippen LogP contribution >= 0.6 is 0 Å². The molecule has 1 aromatic rings. The van der Waals surface area contributed by atoms with Gasteiger partial charge in [-0.05, 0) is 24.3 Å². The lowest BCUT2D eigenvalue weighted by Crippen LogP contribution is -2.37. The first-order valence-corrected chi connectivity index (χ1v) is 6.35. The van der Waals surface area contributed by atoms with Crippen LogP contribution in [0.5, 0.6) is 5.88 Å². The lowest BCUT2D eigenvalue weighted by atomic mass is 9.87. The Bertz CT molecular complexity index is 376. The summed E-state index contributed by atoms with van der Waals surface area (Å²) in [6.07, 6.45) is 5.68. The van der Waals surface area contributed by atoms with Crippen LogP contribution in [-0.2, 0) is 6.54 Å². The number of hydrogen-bond donors (Lipinski definition) is 1. The second-order valence-electron chi connectivity index (χ2n) is 5.49. The van der Waals surface area contributed by atoms with Gasteiger partial charge in [-0.3, -0.25) is 0 Å². The number of pyridine rings is 1. The van der Waals surface area contributed by atoms with Crippen LogP contribution in [0.15, 0.2) is 18.3 Å². The first-order chi connectivity index (χ1) is 8.13. The third kappa shape index (κ3) is 2.78. The lowest BCUT2D eigenvalue weighted by Gasteiger charge is -2.28. The average molecular weight is 234 g/mol. The van der Waals surface area contributed by atoms with Gasteiger partial charge >= 0.3 is 0 Å². The zero-order valence-electron chi connectivity index (χ0n) is 11.0. The summed E-state index contributed by atoms with van der Waals surface area (Å²) in [4.78, 5) is 4.22. The van der Waals surface area contributed by atoms with Crippen molar-refractivity contribution in [3.05, 3.63) is 23.9 Å². The van der Waals surface area contributed by atoms with E-state index in [2.05, 4.69) is 30.2 Å². The fourth-order valence-corrected chi connectivity index (χ4v) is 2.68. The number of aromatic nitrogens is 1. The fourth-order valence-electron chi connectivity index (χ4n) is 2.68. The summed E-state index contributed by atoms with van der Waals surface area (Å²) in [5.74, 6) is 0.732. The molecule has 0 aliphatic heterocycles. The van der Waals surface area contributed by atoms with E-state index in [0.29, 0.717) is 11.5 Å². The second kappa shape index (κ2) is 5.05. The van der Waals surface area contributed by atoms with Gasteiger partial charge in [0, 0.05) is 24.3 Å². The maximum Gasteiger partial charge on any atom is 0.217 e. The van der Waals surface area contributed by atoms with Crippen LogP contribution in [0.25, 0.3) is 0 Å². The van der Waals surface area contributed by atoms with Gasteiger partial charge in [-0.1, -0.05) is 26.3 Å². The molecule has 1 atom stereocenters. The SMILES string of the molecule is COc1ncccc1CNC1CCCC1(C)C. The molecule has 1 aliphatic rings. The number of nitrogens with zero attached hydrogens (tertiary/aromatic N) is 1. The van der Waals surface area contributed by atoms with Crippen molar-refractivity contribution in [2.75, 3.05) is 7.11 Å². The summed E-state index contributed by atoms with van der Waals surface area (Å²) >= 11 is 0. The highest BCUT2D eigenvalue weighted by molar-refractivity contribution is 5.25. The molecule has 1 N–H and O–H groups in total. The third-order valence-electron chi connectivity index (χ3n) is 3.84. The first-order valence-electron chi connectivity index (χ1n) is 6.35. The Morgan fingerprint density at radius 2 is 2.35 bits per heavy atom. The summed E-state index contributed by atoms with van der Waals surface area (Å²) in [5.41, 5.74) is 1.55. The van der Waals surface area contributed by atoms with Crippen molar-refractivity contribution < 1.29 is 4.74 Å². The van der Waals surface area contributed by atoms with E-state index in [4.69, 9.17) is 4.74 Å². The van der Waals surface area contributed by atoms with E-state index in [0.717, 1.165) is 18.0 Å². The van der Waals surface area contributed by atoms with Crippen molar-refractivity contribution >= 4 is 0 Å². The van der Waals surface area contributed by atoms with E-state index >= 15 is 0 Å². The van der Waals surface area contributed by atoms with Crippen LogP contribution in [0.2, 0.25) is 0 Å². The van der Waals surface area contributed by atoms with E-state index in [1.165, 1.54) is 19.3 Å². The van der Waals surface area contributed by atoms with E-state index in [1.54, 1.807) is 13.3 Å². The average Bonchev–Trinajstić information content (AvgIpc) is 2.66. The second-order valence-corrected chi connectivity index (χ2v) is 5.49. The molecule has 1 aliphatic carbocycles. The molecule has 0 bridgehead atoms. The Morgan fingerprint density at radius 3 is 3.00 bits per heavy atom. The molecule has 0 saturated heterocycles. The summed E-state index contributed by atoms with van der Waals surface area (Å²) < 4.78 is 5.26. The molecule has 3 heteroatoms. The topological polar surface area (TPSA) is 34.1 Å². The van der Waals surface area contributed by atoms with Gasteiger partial charge < -0.3 is 10.1 Å². The van der Waals surface area contributed by atoms with E-state index in [1.807, 2.05) is 6.07 Å². The quantitative estimate of drug-likeness (QED) is 0.870. The maximum atomic E-state index is 5.26. The van der Waals surface area contributed by atoms with Crippen molar-refractivity contribution in [1.82, 2.24) is 10.3 Å². The minimum absolute atomic E-state index is 0.412. The molecule has 1 saturated carbocycles. The Balaban J connectivity index is 1.98. The molecule has 0 aromatic carbocycles. The zero-order valence-corrected chi connectivity index (χ0v) is 11.0. The maximum absolute atomic E-state index is 5.26. The van der Waals surface area contributed by atoms with E-state index in [-0.39, 0.29) is 0 Å². The Hall–Kier alpha value is -1.09. The predicted molar refractivity (Wildman–Crippen MR) is 69.0 cm³/mol. The molecule has 0 radical (unpaired) electrons. The van der Waals surface area contributed by atoms with Gasteiger partial charge in [0.2, 0.25) is 5.88 Å². The molecular formula is C14H22N2O. The summed E-state index contributed by atoms with van der Waals surface area (Å²) in [7, 11) is 1.67. The normalized spacial score (nSPS) is 22.6. The third-order valence-corrected chi connectivity index (χ3v) is 3.84. The number of hydrogen-bond acceptors (Lipinski definition) is 3. The first kappa shape index (κ1) is 12.4. The standard InChI is InChI=1S/C14H22N2O/c1-14(2)8-4-7-12(14)16-10-11-6-5-9-15-13(11)17-3/h5-6,9,12,16H,4,7-8,10H2,1-3H3. The molecule has 1 heterocycles. The zero-order chi connectivity index (χ0) is 12.3. The summed E-state index contributed by atoms with van der Waals surface area (Å²) in [6, 6.07) is 4.63. The fraction of sp³-hybridized carbons (Fsp3) is 0.643. The largest absolute Gasteiger partial charge is 0.481 e. The highest BCUT2D eigenvalue weighted by atomic mass is 16.5. The van der Waals surface area contributed by atoms with Crippen LogP contribution in [0.3, 0.4) is 0 Å². The van der Waals surface area contributed by atoms with Gasteiger partial charge in [-0.2, -0.15) is 0 Å². The number of ether oxygens (including phenoxy) is 1. The highest BCUT2D eigenvalue weighted by Crippen LogP contribution is 2.37. The Labute approximate surface area is 104 Å². The van der Waals surface area contributed by atoms with Crippen LogP contribution < -0.4 is 10.1 Å². The monoisotopic (exact) mass is 234 g/mol. The van der Waals surface area contributed by atoms with Gasteiger partial charge in [0.05, 0.1) is 7.11 Å². The molecule has 17 heavy (non-hydrogen) atoms. The number of rotatable bonds is 4. The Morgan fingerprint density at radius 1 is 1.53 bits per heavy atom. The molecule has 0 spiro atoms. The van der Waals surface area contributed by atoms with Crippen molar-refractivity contribution in [2.24, 2.45) is 5.41 Å². The van der Waals surface area contributed by atoms with Gasteiger partial charge in [0.25, 0.3) is 0 Å². The van der Waals surface area contributed by atoms with Crippen molar-refractivity contribution in [3.63, 3.8) is 0 Å². The summed E-state index contributed by atoms with van der Waals surface area (Å²) in [6.45, 7) is 5.53. The number of methoxy groups -OCH3 is 1.